The fourth-order valence-corrected chi connectivity index (χ4v) is 7.35. The second-order valence-electron chi connectivity index (χ2n) is 17.5. The first-order chi connectivity index (χ1) is 31.0. The lowest BCUT2D eigenvalue weighted by atomic mass is 10.0. The van der Waals surface area contributed by atoms with E-state index < -0.39 is 6.10 Å². The molecule has 0 aromatic heterocycles. The second-order valence-corrected chi connectivity index (χ2v) is 17.5. The van der Waals surface area contributed by atoms with E-state index in [0.29, 0.717) is 19.3 Å². The summed E-state index contributed by atoms with van der Waals surface area (Å²) in [5.41, 5.74) is 0. The first-order valence-electron chi connectivity index (χ1n) is 26.5. The van der Waals surface area contributed by atoms with Crippen molar-refractivity contribution in [3.63, 3.8) is 0 Å². The molecule has 6 nitrogen and oxygen atoms in total. The minimum Gasteiger partial charge on any atom is -0.462 e. The van der Waals surface area contributed by atoms with E-state index in [1.807, 2.05) is 54.7 Å². The van der Waals surface area contributed by atoms with Crippen LogP contribution in [0.5, 0.6) is 0 Å². The van der Waals surface area contributed by atoms with Crippen LogP contribution in [0.3, 0.4) is 0 Å². The highest BCUT2D eigenvalue weighted by atomic mass is 16.6. The molecular formula is C57H98O6. The summed E-state index contributed by atoms with van der Waals surface area (Å²) in [6.45, 7) is 6.42. The van der Waals surface area contributed by atoms with Crippen LogP contribution in [0, 0.1) is 0 Å². The molecule has 0 aliphatic heterocycles. The number of hydrogen-bond donors (Lipinski definition) is 0. The monoisotopic (exact) mass is 879 g/mol. The summed E-state index contributed by atoms with van der Waals surface area (Å²) in [4.78, 5) is 37.9. The van der Waals surface area contributed by atoms with Crippen molar-refractivity contribution in [3.05, 3.63) is 72.9 Å². The smallest absolute Gasteiger partial charge is 0.306 e. The zero-order chi connectivity index (χ0) is 45.8. The molecule has 0 bridgehead atoms. The summed E-state index contributed by atoms with van der Waals surface area (Å²) in [5.74, 6) is -0.994. The van der Waals surface area contributed by atoms with Gasteiger partial charge in [0.15, 0.2) is 6.10 Å². The van der Waals surface area contributed by atoms with Crippen LogP contribution in [-0.2, 0) is 28.6 Å². The van der Waals surface area contributed by atoms with Crippen molar-refractivity contribution in [3.8, 4) is 0 Å². The molecule has 0 rings (SSSR count). The van der Waals surface area contributed by atoms with E-state index in [1.54, 1.807) is 0 Å². The molecule has 63 heavy (non-hydrogen) atoms. The van der Waals surface area contributed by atoms with Gasteiger partial charge in [0.25, 0.3) is 0 Å². The fraction of sp³-hybridized carbons (Fsp3) is 0.737. The topological polar surface area (TPSA) is 78.9 Å². The third-order valence-corrected chi connectivity index (χ3v) is 11.3. The van der Waals surface area contributed by atoms with Crippen LogP contribution < -0.4 is 0 Å². The molecule has 0 heterocycles. The lowest BCUT2D eigenvalue weighted by Crippen LogP contribution is -2.30. The average Bonchev–Trinajstić information content (AvgIpc) is 3.28. The van der Waals surface area contributed by atoms with Crippen molar-refractivity contribution in [1.29, 1.82) is 0 Å². The first-order valence-corrected chi connectivity index (χ1v) is 26.5. The Hall–Kier alpha value is -3.15. The molecule has 1 atom stereocenters. The van der Waals surface area contributed by atoms with Crippen molar-refractivity contribution < 1.29 is 28.6 Å². The molecule has 0 N–H and O–H groups in total. The highest BCUT2D eigenvalue weighted by molar-refractivity contribution is 5.71. The van der Waals surface area contributed by atoms with Crippen molar-refractivity contribution in [2.45, 2.75) is 258 Å². The maximum Gasteiger partial charge on any atom is 0.306 e. The van der Waals surface area contributed by atoms with E-state index in [2.05, 4.69) is 39.0 Å². The molecule has 0 aromatic carbocycles. The zero-order valence-corrected chi connectivity index (χ0v) is 41.3. The summed E-state index contributed by atoms with van der Waals surface area (Å²) >= 11 is 0. The van der Waals surface area contributed by atoms with Crippen molar-refractivity contribution in [2.24, 2.45) is 0 Å². The van der Waals surface area contributed by atoms with Crippen molar-refractivity contribution in [1.82, 2.24) is 0 Å². The van der Waals surface area contributed by atoms with Crippen LogP contribution in [0.25, 0.3) is 0 Å². The molecule has 1 unspecified atom stereocenters. The Morgan fingerprint density at radius 1 is 0.333 bits per heavy atom. The van der Waals surface area contributed by atoms with Gasteiger partial charge < -0.3 is 14.2 Å². The largest absolute Gasteiger partial charge is 0.462 e. The summed E-state index contributed by atoms with van der Waals surface area (Å²) < 4.78 is 16.7. The molecule has 0 aliphatic rings. The molecule has 6 heteroatoms. The molecule has 0 amide bonds. The highest BCUT2D eigenvalue weighted by Crippen LogP contribution is 2.16. The number of carbonyl (C=O) groups is 3. The summed E-state index contributed by atoms with van der Waals surface area (Å²) in [7, 11) is 0. The minimum absolute atomic E-state index is 0.107. The minimum atomic E-state index is -0.816. The van der Waals surface area contributed by atoms with Crippen molar-refractivity contribution in [2.75, 3.05) is 13.2 Å². The van der Waals surface area contributed by atoms with E-state index >= 15 is 0 Å². The van der Waals surface area contributed by atoms with Crippen LogP contribution in [-0.4, -0.2) is 37.2 Å². The Balaban J connectivity index is 4.41. The van der Waals surface area contributed by atoms with E-state index in [0.717, 1.165) is 64.2 Å². The van der Waals surface area contributed by atoms with Gasteiger partial charge in [0, 0.05) is 19.3 Å². The maximum absolute atomic E-state index is 12.7. The number of hydrogen-bond acceptors (Lipinski definition) is 6. The van der Waals surface area contributed by atoms with Crippen LogP contribution in [0.15, 0.2) is 72.9 Å². The molecule has 362 valence electrons. The third-order valence-electron chi connectivity index (χ3n) is 11.3. The lowest BCUT2D eigenvalue weighted by molar-refractivity contribution is -0.167. The molecule has 0 spiro atoms. The summed E-state index contributed by atoms with van der Waals surface area (Å²) in [6, 6.07) is 0. The zero-order valence-electron chi connectivity index (χ0n) is 41.3. The molecule has 0 saturated heterocycles. The number of esters is 3. The SMILES string of the molecule is CC/C=C/C=C/C=C/C=C/C=C/CCCC(=O)OC(COC(=O)CCCCC/C=C/CCCCCCCC)COC(=O)CCCCCCCCCCCCCCCCCCCCC. The van der Waals surface area contributed by atoms with Crippen LogP contribution >= 0.6 is 0 Å². The van der Waals surface area contributed by atoms with Gasteiger partial charge in [-0.25, -0.2) is 0 Å². The highest BCUT2D eigenvalue weighted by Gasteiger charge is 2.19. The molecular weight excluding hydrogens is 781 g/mol. The summed E-state index contributed by atoms with van der Waals surface area (Å²) in [5, 5.41) is 0. The first kappa shape index (κ1) is 59.9. The fourth-order valence-electron chi connectivity index (χ4n) is 7.35. The summed E-state index contributed by atoms with van der Waals surface area (Å²) in [6.07, 6.45) is 64.8. The molecule has 0 aromatic rings. The van der Waals surface area contributed by atoms with Crippen LogP contribution in [0.2, 0.25) is 0 Å². The average molecular weight is 879 g/mol. The van der Waals surface area contributed by atoms with E-state index in [1.165, 1.54) is 141 Å². The van der Waals surface area contributed by atoms with Gasteiger partial charge in [-0.15, -0.1) is 0 Å². The number of rotatable bonds is 47. The lowest BCUT2D eigenvalue weighted by Gasteiger charge is -2.18. The Bertz CT molecular complexity index is 1190. The molecule has 0 aliphatic carbocycles. The number of unbranched alkanes of at least 4 members (excludes halogenated alkanes) is 28. The Labute approximate surface area is 389 Å². The van der Waals surface area contributed by atoms with Gasteiger partial charge in [0.2, 0.25) is 0 Å². The van der Waals surface area contributed by atoms with Gasteiger partial charge >= 0.3 is 17.9 Å². The predicted octanol–water partition coefficient (Wildman–Crippen LogP) is 17.4. The van der Waals surface area contributed by atoms with Gasteiger partial charge in [-0.3, -0.25) is 14.4 Å². The molecule has 0 fully saturated rings. The third kappa shape index (κ3) is 49.7. The van der Waals surface area contributed by atoms with E-state index in [9.17, 15) is 14.4 Å². The van der Waals surface area contributed by atoms with Gasteiger partial charge in [0.1, 0.15) is 13.2 Å². The van der Waals surface area contributed by atoms with E-state index in [-0.39, 0.29) is 37.5 Å². The number of ether oxygens (including phenoxy) is 3. The van der Waals surface area contributed by atoms with Crippen LogP contribution in [0.4, 0.5) is 0 Å². The Morgan fingerprint density at radius 2 is 0.651 bits per heavy atom. The Kier molecular flexibility index (Phi) is 48.9. The number of carbonyl (C=O) groups excluding carboxylic acids is 3. The standard InChI is InChI=1S/C57H98O6/c1-4-7-10-13-16-19-22-25-26-27-28-29-30-33-35-38-41-44-47-50-56(59)62-53-54(63-57(60)51-48-45-42-39-36-32-24-21-18-15-12-9-6-3)52-61-55(58)49-46-43-40-37-34-31-23-20-17-14-11-8-5-2/h9,12,15,18,21,24,31-32,34,36,39,42,54H,4-8,10-11,13-14,16-17,19-20,22-23,25-30,33,35,37-38,40-41,43-53H2,1-3H3/b12-9+,18-15+,24-21+,34-31+,36-32+,42-39+. The quantitative estimate of drug-likeness (QED) is 0.0199. The van der Waals surface area contributed by atoms with Gasteiger partial charge in [-0.2, -0.15) is 0 Å². The second kappa shape index (κ2) is 51.5. The van der Waals surface area contributed by atoms with Gasteiger partial charge in [0.05, 0.1) is 0 Å². The van der Waals surface area contributed by atoms with Gasteiger partial charge in [-0.1, -0.05) is 248 Å². The maximum atomic E-state index is 12.7. The molecule has 0 saturated carbocycles. The molecule has 0 radical (unpaired) electrons. The Morgan fingerprint density at radius 3 is 1.06 bits per heavy atom. The van der Waals surface area contributed by atoms with Crippen molar-refractivity contribution >= 4 is 17.9 Å². The number of allylic oxidation sites excluding steroid dienone is 12. The van der Waals surface area contributed by atoms with Crippen LogP contribution in [0.1, 0.15) is 252 Å². The van der Waals surface area contributed by atoms with E-state index in [4.69, 9.17) is 14.2 Å². The predicted molar refractivity (Wildman–Crippen MR) is 270 cm³/mol. The van der Waals surface area contributed by atoms with Gasteiger partial charge in [-0.05, 0) is 57.8 Å². The normalized spacial score (nSPS) is 12.6.